The van der Waals surface area contributed by atoms with Crippen LogP contribution >= 0.6 is 0 Å². The van der Waals surface area contributed by atoms with Crippen LogP contribution in [0.15, 0.2) is 36.7 Å². The molecule has 0 fully saturated rings. The third-order valence-electron chi connectivity index (χ3n) is 2.62. The first-order valence-corrected chi connectivity index (χ1v) is 5.67. The van der Waals surface area contributed by atoms with Crippen LogP contribution < -0.4 is 4.74 Å². The summed E-state index contributed by atoms with van der Waals surface area (Å²) >= 11 is 0. The summed E-state index contributed by atoms with van der Waals surface area (Å²) < 4.78 is 7.47. The van der Waals surface area contributed by atoms with Crippen molar-refractivity contribution in [3.8, 4) is 5.75 Å². The lowest BCUT2D eigenvalue weighted by Gasteiger charge is -2.09. The summed E-state index contributed by atoms with van der Waals surface area (Å²) in [5.41, 5.74) is 0.159. The van der Waals surface area contributed by atoms with Crippen LogP contribution in [0.3, 0.4) is 0 Å². The molecule has 2 aromatic rings. The topological polar surface area (TPSA) is 64.4 Å². The Morgan fingerprint density at radius 3 is 2.94 bits per heavy atom. The highest BCUT2D eigenvalue weighted by molar-refractivity contribution is 5.90. The quantitative estimate of drug-likeness (QED) is 0.878. The van der Waals surface area contributed by atoms with Crippen LogP contribution in [-0.2, 0) is 13.2 Å². The van der Waals surface area contributed by atoms with E-state index in [9.17, 15) is 4.79 Å². The summed E-state index contributed by atoms with van der Waals surface area (Å²) in [6.45, 7) is 3.07. The maximum atomic E-state index is 11.0. The summed E-state index contributed by atoms with van der Waals surface area (Å²) in [6, 6.07) is 6.57. The molecule has 0 saturated heterocycles. The minimum atomic E-state index is -0.996. The molecule has 0 aliphatic rings. The molecule has 0 radical (unpaired) electrons. The molecule has 0 aliphatic heterocycles. The third-order valence-corrected chi connectivity index (χ3v) is 2.62. The third kappa shape index (κ3) is 2.51. The van der Waals surface area contributed by atoms with E-state index in [0.717, 1.165) is 12.4 Å². The Bertz CT molecular complexity index is 549. The van der Waals surface area contributed by atoms with Gasteiger partial charge in [0.2, 0.25) is 0 Å². The number of aromatic nitrogens is 2. The van der Waals surface area contributed by atoms with E-state index in [1.165, 1.54) is 6.07 Å². The van der Waals surface area contributed by atoms with E-state index in [1.807, 2.05) is 17.7 Å². The predicted octanol–water partition coefficient (Wildman–Crippen LogP) is 2.18. The highest BCUT2D eigenvalue weighted by Crippen LogP contribution is 2.18. The zero-order valence-corrected chi connectivity index (χ0v) is 10.0. The molecule has 0 bridgehead atoms. The van der Waals surface area contributed by atoms with Gasteiger partial charge in [-0.2, -0.15) is 0 Å². The number of hydrogen-bond acceptors (Lipinski definition) is 3. The van der Waals surface area contributed by atoms with Crippen molar-refractivity contribution in [2.45, 2.75) is 20.1 Å². The van der Waals surface area contributed by atoms with Crippen LogP contribution in [-0.4, -0.2) is 20.6 Å². The molecule has 94 valence electrons. The highest BCUT2D eigenvalue weighted by Gasteiger charge is 2.11. The number of benzene rings is 1. The van der Waals surface area contributed by atoms with Crippen LogP contribution in [0.4, 0.5) is 0 Å². The molecule has 0 aliphatic carbocycles. The van der Waals surface area contributed by atoms with Gasteiger partial charge in [0, 0.05) is 18.9 Å². The second-order valence-electron chi connectivity index (χ2n) is 3.72. The number of rotatable bonds is 5. The summed E-state index contributed by atoms with van der Waals surface area (Å²) in [4.78, 5) is 15.2. The van der Waals surface area contributed by atoms with E-state index in [4.69, 9.17) is 9.84 Å². The number of ether oxygens (including phenoxy) is 1. The molecule has 5 nitrogen and oxygen atoms in total. The summed E-state index contributed by atoms with van der Waals surface area (Å²) in [7, 11) is 0. The number of carboxylic acid groups (broad SMARTS) is 1. The smallest absolute Gasteiger partial charge is 0.339 e. The molecule has 1 aromatic heterocycles. The van der Waals surface area contributed by atoms with E-state index in [1.54, 1.807) is 24.4 Å². The lowest BCUT2D eigenvalue weighted by atomic mass is 10.2. The molecule has 0 saturated carbocycles. The summed E-state index contributed by atoms with van der Waals surface area (Å²) in [5, 5.41) is 9.02. The largest absolute Gasteiger partial charge is 0.485 e. The van der Waals surface area contributed by atoms with Gasteiger partial charge >= 0.3 is 5.97 Å². The van der Waals surface area contributed by atoms with E-state index in [0.29, 0.717) is 5.75 Å². The molecule has 0 spiro atoms. The normalized spacial score (nSPS) is 10.3. The molecule has 1 N–H and O–H groups in total. The van der Waals surface area contributed by atoms with Crippen LogP contribution in [0.25, 0.3) is 0 Å². The molecule has 18 heavy (non-hydrogen) atoms. The van der Waals surface area contributed by atoms with Gasteiger partial charge in [0.05, 0.1) is 0 Å². The highest BCUT2D eigenvalue weighted by atomic mass is 16.5. The van der Waals surface area contributed by atoms with Crippen molar-refractivity contribution < 1.29 is 14.6 Å². The van der Waals surface area contributed by atoms with Gasteiger partial charge < -0.3 is 14.4 Å². The van der Waals surface area contributed by atoms with Crippen molar-refractivity contribution in [1.82, 2.24) is 9.55 Å². The molecular weight excluding hydrogens is 232 g/mol. The second-order valence-corrected chi connectivity index (χ2v) is 3.72. The fourth-order valence-corrected chi connectivity index (χ4v) is 1.68. The van der Waals surface area contributed by atoms with Gasteiger partial charge in [-0.15, -0.1) is 0 Å². The lowest BCUT2D eigenvalue weighted by Crippen LogP contribution is -2.07. The summed E-state index contributed by atoms with van der Waals surface area (Å²) in [5.74, 6) is 0.137. The number of para-hydroxylation sites is 1. The molecule has 0 unspecified atom stereocenters. The Balaban J connectivity index is 2.13. The minimum Gasteiger partial charge on any atom is -0.485 e. The second kappa shape index (κ2) is 5.35. The van der Waals surface area contributed by atoms with Crippen molar-refractivity contribution in [3.63, 3.8) is 0 Å². The maximum Gasteiger partial charge on any atom is 0.339 e. The zero-order chi connectivity index (χ0) is 13.0. The number of imidazole rings is 1. The van der Waals surface area contributed by atoms with Gasteiger partial charge in [-0.3, -0.25) is 0 Å². The number of nitrogens with zero attached hydrogens (tertiary/aromatic N) is 2. The van der Waals surface area contributed by atoms with E-state index in [-0.39, 0.29) is 12.2 Å². The Hall–Kier alpha value is -2.30. The van der Waals surface area contributed by atoms with Crippen molar-refractivity contribution in [1.29, 1.82) is 0 Å². The fraction of sp³-hybridized carbons (Fsp3) is 0.231. The summed E-state index contributed by atoms with van der Waals surface area (Å²) in [6.07, 6.45) is 3.56. The average Bonchev–Trinajstić information content (AvgIpc) is 2.84. The van der Waals surface area contributed by atoms with Gasteiger partial charge in [-0.25, -0.2) is 9.78 Å². The molecule has 1 aromatic carbocycles. The van der Waals surface area contributed by atoms with Crippen LogP contribution in [0.2, 0.25) is 0 Å². The van der Waals surface area contributed by atoms with Crippen LogP contribution in [0.1, 0.15) is 23.1 Å². The van der Waals surface area contributed by atoms with E-state index in [2.05, 4.69) is 4.98 Å². The molecule has 0 atom stereocenters. The monoisotopic (exact) mass is 246 g/mol. The SMILES string of the molecule is CCn1ccnc1COc1ccccc1C(=O)O. The zero-order valence-electron chi connectivity index (χ0n) is 10.0. The Labute approximate surface area is 105 Å². The van der Waals surface area contributed by atoms with Crippen molar-refractivity contribution in [3.05, 3.63) is 48.0 Å². The van der Waals surface area contributed by atoms with Gasteiger partial charge in [0.25, 0.3) is 0 Å². The van der Waals surface area contributed by atoms with Crippen molar-refractivity contribution in [2.75, 3.05) is 0 Å². The number of aryl methyl sites for hydroxylation is 1. The van der Waals surface area contributed by atoms with Crippen LogP contribution in [0, 0.1) is 0 Å². The standard InChI is InChI=1S/C13H14N2O3/c1-2-15-8-7-14-12(15)9-18-11-6-4-3-5-10(11)13(16)17/h3-8H,2,9H2,1H3,(H,16,17). The Morgan fingerprint density at radius 2 is 2.22 bits per heavy atom. The predicted molar refractivity (Wildman–Crippen MR) is 65.6 cm³/mol. The van der Waals surface area contributed by atoms with Gasteiger partial charge in [-0.1, -0.05) is 12.1 Å². The molecule has 5 heteroatoms. The lowest BCUT2D eigenvalue weighted by molar-refractivity contribution is 0.0691. The fourth-order valence-electron chi connectivity index (χ4n) is 1.68. The minimum absolute atomic E-state index is 0.159. The van der Waals surface area contributed by atoms with Crippen molar-refractivity contribution >= 4 is 5.97 Å². The first-order valence-electron chi connectivity index (χ1n) is 5.67. The maximum absolute atomic E-state index is 11.0. The Kier molecular flexibility index (Phi) is 3.62. The van der Waals surface area contributed by atoms with Gasteiger partial charge in [-0.05, 0) is 19.1 Å². The first-order chi connectivity index (χ1) is 8.72. The molecule has 0 amide bonds. The molecule has 2 rings (SSSR count). The average molecular weight is 246 g/mol. The van der Waals surface area contributed by atoms with Gasteiger partial charge in [0.1, 0.15) is 23.7 Å². The number of hydrogen-bond donors (Lipinski definition) is 1. The number of aromatic carboxylic acids is 1. The van der Waals surface area contributed by atoms with Crippen LogP contribution in [0.5, 0.6) is 5.75 Å². The number of carboxylic acids is 1. The van der Waals surface area contributed by atoms with E-state index < -0.39 is 5.97 Å². The molecule has 1 heterocycles. The van der Waals surface area contributed by atoms with Gasteiger partial charge in [0.15, 0.2) is 0 Å². The number of carbonyl (C=O) groups is 1. The van der Waals surface area contributed by atoms with Crippen molar-refractivity contribution in [2.24, 2.45) is 0 Å². The van der Waals surface area contributed by atoms with E-state index >= 15 is 0 Å². The molecular formula is C13H14N2O3. The Morgan fingerprint density at radius 1 is 1.44 bits per heavy atom. The first kappa shape index (κ1) is 12.2.